The van der Waals surface area contributed by atoms with Gasteiger partial charge in [-0.1, -0.05) is 65.6 Å². The topological polar surface area (TPSA) is 108 Å². The number of benzene rings is 2. The summed E-state index contributed by atoms with van der Waals surface area (Å²) in [7, 11) is -3.73. The van der Waals surface area contributed by atoms with Crippen molar-refractivity contribution in [1.29, 1.82) is 0 Å². The molecular weight excluding hydrogens is 525 g/mol. The highest BCUT2D eigenvalue weighted by Crippen LogP contribution is 2.32. The molecule has 0 aliphatic carbocycles. The minimum absolute atomic E-state index is 0.0445. The van der Waals surface area contributed by atoms with E-state index in [9.17, 15) is 18.0 Å². The molecule has 2 amide bonds. The van der Waals surface area contributed by atoms with E-state index in [0.717, 1.165) is 16.9 Å². The minimum atomic E-state index is -3.73. The van der Waals surface area contributed by atoms with Crippen LogP contribution in [0.2, 0.25) is 0 Å². The van der Waals surface area contributed by atoms with Crippen molar-refractivity contribution < 1.29 is 18.0 Å². The van der Waals surface area contributed by atoms with E-state index in [1.165, 1.54) is 52.7 Å². The zero-order valence-electron chi connectivity index (χ0n) is 18.7. The quantitative estimate of drug-likeness (QED) is 0.404. The Morgan fingerprint density at radius 2 is 1.89 bits per heavy atom. The Hall–Kier alpha value is -2.67. The molecule has 2 heterocycles. The van der Waals surface area contributed by atoms with Crippen LogP contribution in [0.4, 0.5) is 5.69 Å². The van der Waals surface area contributed by atoms with Gasteiger partial charge in [-0.15, -0.1) is 0 Å². The number of aliphatic imine (C=N–C) groups is 1. The van der Waals surface area contributed by atoms with Crippen LogP contribution in [0.15, 0.2) is 63.3 Å². The summed E-state index contributed by atoms with van der Waals surface area (Å²) in [5.41, 5.74) is 2.49. The summed E-state index contributed by atoms with van der Waals surface area (Å²) >= 11 is 7.91. The minimum Gasteiger partial charge on any atom is -0.326 e. The van der Waals surface area contributed by atoms with Crippen LogP contribution >= 0.6 is 35.7 Å². The Morgan fingerprint density at radius 1 is 1.17 bits per heavy atom. The number of hydrogen-bond acceptors (Lipinski definition) is 8. The summed E-state index contributed by atoms with van der Waals surface area (Å²) in [5, 5.41) is 3.10. The first-order valence-electron chi connectivity index (χ1n) is 10.6. The zero-order chi connectivity index (χ0) is 25.0. The second kappa shape index (κ2) is 10.9. The Kier molecular flexibility index (Phi) is 7.95. The predicted molar refractivity (Wildman–Crippen MR) is 146 cm³/mol. The summed E-state index contributed by atoms with van der Waals surface area (Å²) < 4.78 is 27.7. The molecule has 0 unspecified atom stereocenters. The molecule has 0 spiro atoms. The van der Waals surface area contributed by atoms with Gasteiger partial charge in [-0.25, -0.2) is 8.42 Å². The van der Waals surface area contributed by atoms with Gasteiger partial charge >= 0.3 is 0 Å². The third-order valence-corrected chi connectivity index (χ3v) is 8.82. The Balaban J connectivity index is 1.31. The number of amidine groups is 1. The molecule has 182 valence electrons. The Bertz CT molecular complexity index is 1320. The fourth-order valence-electron chi connectivity index (χ4n) is 3.23. The molecule has 0 radical (unpaired) electrons. The Labute approximate surface area is 217 Å². The molecule has 2 aliphatic rings. The van der Waals surface area contributed by atoms with Crippen molar-refractivity contribution in [1.82, 2.24) is 9.62 Å². The van der Waals surface area contributed by atoms with Crippen LogP contribution in [0.25, 0.3) is 6.08 Å². The van der Waals surface area contributed by atoms with Crippen LogP contribution in [0.1, 0.15) is 17.5 Å². The van der Waals surface area contributed by atoms with Crippen molar-refractivity contribution in [3.05, 3.63) is 64.6 Å². The lowest BCUT2D eigenvalue weighted by Gasteiger charge is -2.14. The largest absolute Gasteiger partial charge is 0.326 e. The maximum absolute atomic E-state index is 12.8. The number of carbonyl (C=O) groups excluding carboxylic acids is 2. The lowest BCUT2D eigenvalue weighted by molar-refractivity contribution is -0.122. The van der Waals surface area contributed by atoms with Crippen molar-refractivity contribution >= 4 is 78.8 Å². The maximum Gasteiger partial charge on any atom is 0.266 e. The first-order valence-corrected chi connectivity index (χ1v) is 14.3. The first kappa shape index (κ1) is 25.4. The summed E-state index contributed by atoms with van der Waals surface area (Å²) in [6.07, 6.45) is 1.84. The molecule has 35 heavy (non-hydrogen) atoms. The molecule has 1 fully saturated rings. The lowest BCUT2D eigenvalue weighted by Crippen LogP contribution is -2.31. The summed E-state index contributed by atoms with van der Waals surface area (Å²) in [5.74, 6) is 0.215. The monoisotopic (exact) mass is 546 g/mol. The van der Waals surface area contributed by atoms with Crippen molar-refractivity contribution in [2.24, 2.45) is 4.99 Å². The number of anilines is 1. The van der Waals surface area contributed by atoms with Gasteiger partial charge in [0.1, 0.15) is 4.32 Å². The highest BCUT2D eigenvalue weighted by Gasteiger charge is 2.32. The van der Waals surface area contributed by atoms with E-state index in [1.807, 2.05) is 31.2 Å². The predicted octanol–water partition coefficient (Wildman–Crippen LogP) is 3.61. The highest BCUT2D eigenvalue weighted by atomic mass is 32.2. The SMILES string of the molecule is Cc1ccc(/C=C2\SC(=S)N(CCC(=O)Nc3ccc(S(=O)(=O)NC4=NCCS4)cc3)C2=O)cc1. The fraction of sp³-hybridized carbons (Fsp3) is 0.217. The van der Waals surface area contributed by atoms with E-state index in [-0.39, 0.29) is 29.7 Å². The van der Waals surface area contributed by atoms with E-state index < -0.39 is 10.0 Å². The van der Waals surface area contributed by atoms with E-state index in [0.29, 0.717) is 26.6 Å². The summed E-state index contributed by atoms with van der Waals surface area (Å²) in [6.45, 7) is 2.73. The molecule has 4 rings (SSSR count). The molecule has 12 heteroatoms. The van der Waals surface area contributed by atoms with E-state index in [2.05, 4.69) is 15.0 Å². The molecular formula is C23H22N4O4S4. The average molecular weight is 547 g/mol. The number of carbonyl (C=O) groups is 2. The number of aryl methyl sites for hydroxylation is 1. The number of hydrogen-bond donors (Lipinski definition) is 2. The average Bonchev–Trinajstić information content (AvgIpc) is 3.41. The van der Waals surface area contributed by atoms with Crippen LogP contribution in [0, 0.1) is 6.92 Å². The number of amides is 2. The van der Waals surface area contributed by atoms with Gasteiger partial charge in [0.05, 0.1) is 16.3 Å². The number of rotatable bonds is 7. The highest BCUT2D eigenvalue weighted by molar-refractivity contribution is 8.26. The van der Waals surface area contributed by atoms with Crippen molar-refractivity contribution in [3.63, 3.8) is 0 Å². The first-order chi connectivity index (χ1) is 16.7. The van der Waals surface area contributed by atoms with Gasteiger partial charge in [0.25, 0.3) is 15.9 Å². The number of nitrogens with one attached hydrogen (secondary N) is 2. The molecule has 2 N–H and O–H groups in total. The zero-order valence-corrected chi connectivity index (χ0v) is 22.0. The fourth-order valence-corrected chi connectivity index (χ4v) is 6.57. The van der Waals surface area contributed by atoms with E-state index in [1.54, 1.807) is 6.08 Å². The summed E-state index contributed by atoms with van der Waals surface area (Å²) in [4.78, 5) is 31.3. The smallest absolute Gasteiger partial charge is 0.266 e. The van der Waals surface area contributed by atoms with Gasteiger partial charge in [0.2, 0.25) is 5.91 Å². The van der Waals surface area contributed by atoms with Crippen molar-refractivity contribution in [3.8, 4) is 0 Å². The number of nitrogens with zero attached hydrogens (tertiary/aromatic N) is 2. The molecule has 8 nitrogen and oxygen atoms in total. The van der Waals surface area contributed by atoms with Crippen LogP contribution in [-0.2, 0) is 19.6 Å². The van der Waals surface area contributed by atoms with Gasteiger partial charge in [-0.3, -0.25) is 24.2 Å². The van der Waals surface area contributed by atoms with E-state index >= 15 is 0 Å². The maximum atomic E-state index is 12.8. The van der Waals surface area contributed by atoms with Crippen LogP contribution < -0.4 is 10.0 Å². The molecule has 2 aromatic carbocycles. The third kappa shape index (κ3) is 6.51. The molecule has 0 saturated carbocycles. The van der Waals surface area contributed by atoms with Gasteiger partial charge in [0, 0.05) is 24.4 Å². The number of sulfonamides is 1. The third-order valence-electron chi connectivity index (χ3n) is 5.07. The van der Waals surface area contributed by atoms with Crippen LogP contribution in [0.3, 0.4) is 0 Å². The van der Waals surface area contributed by atoms with Crippen LogP contribution in [0.5, 0.6) is 0 Å². The van der Waals surface area contributed by atoms with Gasteiger partial charge in [0.15, 0.2) is 5.17 Å². The van der Waals surface area contributed by atoms with Gasteiger partial charge in [-0.05, 0) is 42.8 Å². The normalized spacial score (nSPS) is 17.1. The Morgan fingerprint density at radius 3 is 2.54 bits per heavy atom. The van der Waals surface area contributed by atoms with Gasteiger partial charge in [-0.2, -0.15) is 0 Å². The lowest BCUT2D eigenvalue weighted by atomic mass is 10.1. The second-order valence-electron chi connectivity index (χ2n) is 7.71. The van der Waals surface area contributed by atoms with Crippen molar-refractivity contribution in [2.75, 3.05) is 24.2 Å². The molecule has 2 aromatic rings. The molecule has 1 saturated heterocycles. The number of thioether (sulfide) groups is 2. The molecule has 2 aliphatic heterocycles. The second-order valence-corrected chi connectivity index (χ2v) is 12.1. The van der Waals surface area contributed by atoms with Crippen LogP contribution in [-0.4, -0.2) is 53.5 Å². The van der Waals surface area contributed by atoms with E-state index in [4.69, 9.17) is 12.2 Å². The molecule has 0 atom stereocenters. The molecule has 0 aromatic heterocycles. The standard InChI is InChI=1S/C23H22N4O4S4/c1-15-2-4-16(5-3-15)14-19-21(29)27(23(32)34-19)12-10-20(28)25-17-6-8-18(9-7-17)35(30,31)26-22-24-11-13-33-22/h2-9,14H,10-13H2,1H3,(H,24,26)(H,25,28)/b19-14-. The van der Waals surface area contributed by atoms with Crippen molar-refractivity contribution in [2.45, 2.75) is 18.2 Å². The summed E-state index contributed by atoms with van der Waals surface area (Å²) in [6, 6.07) is 13.7. The molecule has 0 bridgehead atoms. The number of thiocarbonyl (C=S) groups is 1. The van der Waals surface area contributed by atoms with Gasteiger partial charge < -0.3 is 5.32 Å².